The molecule has 0 amide bonds. The second-order valence-corrected chi connectivity index (χ2v) is 2.78. The zero-order valence-corrected chi connectivity index (χ0v) is 7.71. The van der Waals surface area contributed by atoms with E-state index in [4.69, 9.17) is 9.84 Å². The van der Waals surface area contributed by atoms with Gasteiger partial charge in [0.25, 0.3) is 0 Å². The Morgan fingerprint density at radius 3 is 2.64 bits per heavy atom. The molecule has 1 atom stereocenters. The lowest BCUT2D eigenvalue weighted by Crippen LogP contribution is -2.30. The lowest BCUT2D eigenvalue weighted by Gasteiger charge is -2.19. The summed E-state index contributed by atoms with van der Waals surface area (Å²) in [7, 11) is 1.83. The number of unbranched alkanes of at least 4 members (excludes halogenated alkanes) is 1. The third kappa shape index (κ3) is 6.28. The largest absolute Gasteiger partial charge is 0.379 e. The number of ether oxygens (including phenoxy) is 1. The van der Waals surface area contributed by atoms with Crippen LogP contribution in [0.3, 0.4) is 0 Å². The van der Waals surface area contributed by atoms with Gasteiger partial charge in [-0.1, -0.05) is 13.3 Å². The van der Waals surface area contributed by atoms with Crippen LogP contribution in [-0.4, -0.2) is 36.6 Å². The highest BCUT2D eigenvalue weighted by Gasteiger charge is 2.02. The highest BCUT2D eigenvalue weighted by molar-refractivity contribution is 4.42. The average Bonchev–Trinajstić information content (AvgIpc) is 1.97. The molecule has 0 bridgehead atoms. The highest BCUT2D eigenvalue weighted by atomic mass is 16.5. The molecule has 1 unspecified atom stereocenters. The fourth-order valence-electron chi connectivity index (χ4n) is 0.563. The van der Waals surface area contributed by atoms with Crippen LogP contribution >= 0.6 is 0 Å². The molecule has 11 heavy (non-hydrogen) atoms. The van der Waals surface area contributed by atoms with E-state index in [1.165, 1.54) is 0 Å². The predicted molar refractivity (Wildman–Crippen MR) is 45.2 cm³/mol. The van der Waals surface area contributed by atoms with Crippen LogP contribution in [-0.2, 0) is 4.74 Å². The first-order valence-electron chi connectivity index (χ1n) is 4.14. The number of hydrogen-bond acceptors (Lipinski definition) is 3. The van der Waals surface area contributed by atoms with Crippen LogP contribution in [0.25, 0.3) is 0 Å². The van der Waals surface area contributed by atoms with Crippen molar-refractivity contribution in [3.05, 3.63) is 0 Å². The zero-order chi connectivity index (χ0) is 8.69. The second kappa shape index (κ2) is 6.58. The summed E-state index contributed by atoms with van der Waals surface area (Å²) >= 11 is 0. The molecule has 0 aromatic heterocycles. The van der Waals surface area contributed by atoms with Crippen LogP contribution < -0.4 is 0 Å². The molecule has 0 aliphatic heterocycles. The summed E-state index contributed by atoms with van der Waals surface area (Å²) in [4.78, 5) is 1.75. The summed E-state index contributed by atoms with van der Waals surface area (Å²) < 4.78 is 5.26. The fourth-order valence-corrected chi connectivity index (χ4v) is 0.563. The Morgan fingerprint density at radius 2 is 2.18 bits per heavy atom. The molecule has 0 saturated carbocycles. The maximum absolute atomic E-state index is 9.02. The van der Waals surface area contributed by atoms with Crippen molar-refractivity contribution in [1.82, 2.24) is 4.90 Å². The van der Waals surface area contributed by atoms with E-state index in [9.17, 15) is 0 Å². The van der Waals surface area contributed by atoms with E-state index in [2.05, 4.69) is 6.92 Å². The number of hydrogen-bond donors (Lipinski definition) is 1. The van der Waals surface area contributed by atoms with E-state index in [0.717, 1.165) is 19.4 Å². The van der Waals surface area contributed by atoms with Gasteiger partial charge in [-0.25, -0.2) is 0 Å². The lowest BCUT2D eigenvalue weighted by molar-refractivity contribution is -0.0475. The Bertz CT molecular complexity index is 86.2. The molecule has 0 fully saturated rings. The molecule has 0 heterocycles. The molecule has 0 rings (SSSR count). The summed E-state index contributed by atoms with van der Waals surface area (Å²) in [5.74, 6) is 0. The Balaban J connectivity index is 3.10. The summed E-state index contributed by atoms with van der Waals surface area (Å²) in [6.45, 7) is 5.15. The van der Waals surface area contributed by atoms with Gasteiger partial charge in [-0.15, -0.1) is 0 Å². The smallest absolute Gasteiger partial charge is 0.106 e. The van der Waals surface area contributed by atoms with Crippen LogP contribution in [0.15, 0.2) is 0 Å². The van der Waals surface area contributed by atoms with Gasteiger partial charge >= 0.3 is 0 Å². The van der Waals surface area contributed by atoms with Gasteiger partial charge in [0, 0.05) is 6.61 Å². The van der Waals surface area contributed by atoms with E-state index in [0.29, 0.717) is 6.73 Å². The first kappa shape index (κ1) is 10.9. The molecule has 0 aliphatic rings. The van der Waals surface area contributed by atoms with Crippen molar-refractivity contribution in [2.24, 2.45) is 0 Å². The van der Waals surface area contributed by atoms with Crippen molar-refractivity contribution in [2.45, 2.75) is 32.9 Å². The van der Waals surface area contributed by atoms with Crippen LogP contribution in [0.2, 0.25) is 0 Å². The molecule has 1 N–H and O–H groups in total. The topological polar surface area (TPSA) is 32.7 Å². The van der Waals surface area contributed by atoms with Crippen molar-refractivity contribution in [3.63, 3.8) is 0 Å². The van der Waals surface area contributed by atoms with Crippen molar-refractivity contribution in [2.75, 3.05) is 20.4 Å². The molecule has 68 valence electrons. The summed E-state index contributed by atoms with van der Waals surface area (Å²) in [5, 5.41) is 9.02. The summed E-state index contributed by atoms with van der Waals surface area (Å²) in [6, 6.07) is 0. The van der Waals surface area contributed by atoms with Gasteiger partial charge in [0.1, 0.15) is 13.0 Å². The van der Waals surface area contributed by atoms with Crippen LogP contribution in [0.1, 0.15) is 26.7 Å². The van der Waals surface area contributed by atoms with E-state index >= 15 is 0 Å². The third-order valence-electron chi connectivity index (χ3n) is 1.58. The minimum Gasteiger partial charge on any atom is -0.379 e. The molecule has 3 heteroatoms. The van der Waals surface area contributed by atoms with Crippen molar-refractivity contribution < 1.29 is 9.84 Å². The molecule has 0 radical (unpaired) electrons. The quantitative estimate of drug-likeness (QED) is 0.466. The van der Waals surface area contributed by atoms with Gasteiger partial charge < -0.3 is 9.84 Å². The molecular weight excluding hydrogens is 142 g/mol. The minimum absolute atomic E-state index is 0.420. The van der Waals surface area contributed by atoms with Crippen LogP contribution in [0.5, 0.6) is 0 Å². The van der Waals surface area contributed by atoms with Gasteiger partial charge in [0.15, 0.2) is 0 Å². The Morgan fingerprint density at radius 1 is 1.55 bits per heavy atom. The van der Waals surface area contributed by atoms with Gasteiger partial charge in [-0.3, -0.25) is 4.90 Å². The Labute approximate surface area is 69.0 Å². The number of nitrogens with zero attached hydrogens (tertiary/aromatic N) is 1. The Hall–Kier alpha value is -0.120. The predicted octanol–water partition coefficient (Wildman–Crippen LogP) is 1.03. The Kier molecular flexibility index (Phi) is 6.51. The van der Waals surface area contributed by atoms with Crippen LogP contribution in [0, 0.1) is 0 Å². The maximum Gasteiger partial charge on any atom is 0.106 e. The molecular formula is C8H19NO2. The summed E-state index contributed by atoms with van der Waals surface area (Å²) in [6.07, 6.45) is 1.82. The van der Waals surface area contributed by atoms with Gasteiger partial charge in [-0.05, 0) is 20.4 Å². The van der Waals surface area contributed by atoms with Crippen molar-refractivity contribution in [1.29, 1.82) is 0 Å². The van der Waals surface area contributed by atoms with Crippen molar-refractivity contribution in [3.8, 4) is 0 Å². The first-order valence-corrected chi connectivity index (χ1v) is 4.14. The van der Waals surface area contributed by atoms with Gasteiger partial charge in [-0.2, -0.15) is 0 Å². The summed E-state index contributed by atoms with van der Waals surface area (Å²) in [5.41, 5.74) is 0. The molecule has 0 saturated heterocycles. The molecule has 0 aromatic carbocycles. The standard InChI is InChI=1S/C8H19NO2/c1-4-5-6-11-7-9(3)8(2)10/h8,10H,4-7H2,1-3H3. The lowest BCUT2D eigenvalue weighted by atomic mass is 10.4. The average molecular weight is 161 g/mol. The van der Waals surface area contributed by atoms with E-state index < -0.39 is 6.23 Å². The number of rotatable bonds is 6. The SMILES string of the molecule is CCCCOCN(C)C(C)O. The fraction of sp³-hybridized carbons (Fsp3) is 1.00. The normalized spacial score (nSPS) is 13.9. The van der Waals surface area contributed by atoms with Crippen LogP contribution in [0.4, 0.5) is 0 Å². The monoisotopic (exact) mass is 161 g/mol. The van der Waals surface area contributed by atoms with E-state index in [-0.39, 0.29) is 0 Å². The number of aliphatic hydroxyl groups excluding tert-OH is 1. The number of aliphatic hydroxyl groups is 1. The molecule has 3 nitrogen and oxygen atoms in total. The molecule has 0 spiro atoms. The minimum atomic E-state index is -0.420. The third-order valence-corrected chi connectivity index (χ3v) is 1.58. The first-order chi connectivity index (χ1) is 5.18. The van der Waals surface area contributed by atoms with Crippen molar-refractivity contribution >= 4 is 0 Å². The second-order valence-electron chi connectivity index (χ2n) is 2.78. The highest BCUT2D eigenvalue weighted by Crippen LogP contribution is 1.92. The van der Waals surface area contributed by atoms with Gasteiger partial charge in [0.05, 0.1) is 0 Å². The maximum atomic E-state index is 9.02. The van der Waals surface area contributed by atoms with E-state index in [1.807, 2.05) is 7.05 Å². The van der Waals surface area contributed by atoms with Gasteiger partial charge in [0.2, 0.25) is 0 Å². The zero-order valence-electron chi connectivity index (χ0n) is 7.71. The van der Waals surface area contributed by atoms with E-state index in [1.54, 1.807) is 11.8 Å². The molecule has 0 aliphatic carbocycles. The molecule has 0 aromatic rings.